The van der Waals surface area contributed by atoms with Gasteiger partial charge in [-0.2, -0.15) is 0 Å². The van der Waals surface area contributed by atoms with Gasteiger partial charge >= 0.3 is 5.97 Å². The lowest BCUT2D eigenvalue weighted by molar-refractivity contribution is -0.143. The predicted molar refractivity (Wildman–Crippen MR) is 255 cm³/mol. The Kier molecular flexibility index (Phi) is 47.6. The van der Waals surface area contributed by atoms with Crippen LogP contribution in [0.2, 0.25) is 0 Å². The molecule has 0 aliphatic heterocycles. The largest absolute Gasteiger partial charge is 0.466 e. The van der Waals surface area contributed by atoms with Crippen molar-refractivity contribution in [3.8, 4) is 0 Å². The molecule has 6 nitrogen and oxygen atoms in total. The van der Waals surface area contributed by atoms with Gasteiger partial charge in [0.1, 0.15) is 0 Å². The number of unbranched alkanes of at least 4 members (excludes halogenated alkanes) is 33. The lowest BCUT2D eigenvalue weighted by Crippen LogP contribution is -2.45. The van der Waals surface area contributed by atoms with Gasteiger partial charge in [0.2, 0.25) is 5.91 Å². The highest BCUT2D eigenvalue weighted by Gasteiger charge is 2.20. The van der Waals surface area contributed by atoms with Gasteiger partial charge in [0, 0.05) is 12.8 Å². The minimum Gasteiger partial charge on any atom is -0.466 e. The highest BCUT2D eigenvalue weighted by molar-refractivity contribution is 5.76. The van der Waals surface area contributed by atoms with Crippen LogP contribution in [0.15, 0.2) is 24.3 Å². The molecule has 0 bridgehead atoms. The van der Waals surface area contributed by atoms with Crippen LogP contribution in [0.4, 0.5) is 0 Å². The second-order valence-corrected chi connectivity index (χ2v) is 17.9. The lowest BCUT2D eigenvalue weighted by Gasteiger charge is -2.22. The van der Waals surface area contributed by atoms with Gasteiger partial charge in [-0.1, -0.05) is 237 Å². The van der Waals surface area contributed by atoms with Crippen molar-refractivity contribution in [3.05, 3.63) is 24.3 Å². The fourth-order valence-corrected chi connectivity index (χ4v) is 7.97. The summed E-state index contributed by atoms with van der Waals surface area (Å²) in [5.74, 6) is -0.0449. The zero-order valence-electron chi connectivity index (χ0n) is 39.5. The second-order valence-electron chi connectivity index (χ2n) is 17.9. The molecule has 2 unspecified atom stereocenters. The summed E-state index contributed by atoms with van der Waals surface area (Å²) in [6.07, 6.45) is 57.3. The molecule has 3 N–H and O–H groups in total. The third-order valence-electron chi connectivity index (χ3n) is 12.0. The molecule has 59 heavy (non-hydrogen) atoms. The van der Waals surface area contributed by atoms with E-state index in [1.807, 2.05) is 0 Å². The summed E-state index contributed by atoms with van der Waals surface area (Å²) in [4.78, 5) is 24.4. The third kappa shape index (κ3) is 45.7. The number of hydrogen-bond acceptors (Lipinski definition) is 5. The van der Waals surface area contributed by atoms with Gasteiger partial charge in [-0.25, -0.2) is 0 Å². The molecule has 0 aliphatic carbocycles. The van der Waals surface area contributed by atoms with Crippen LogP contribution in [0.5, 0.6) is 0 Å². The highest BCUT2D eigenvalue weighted by atomic mass is 16.5. The summed E-state index contributed by atoms with van der Waals surface area (Å²) in [5.41, 5.74) is 0. The topological polar surface area (TPSA) is 95.9 Å². The number of amides is 1. The highest BCUT2D eigenvalue weighted by Crippen LogP contribution is 2.17. The maximum absolute atomic E-state index is 12.4. The Morgan fingerprint density at radius 2 is 0.881 bits per heavy atom. The Hall–Kier alpha value is -1.66. The Labute approximate surface area is 367 Å². The van der Waals surface area contributed by atoms with Crippen LogP contribution < -0.4 is 5.32 Å². The number of ether oxygens (including phenoxy) is 1. The number of aliphatic hydroxyl groups is 2. The maximum Gasteiger partial charge on any atom is 0.305 e. The number of esters is 1. The normalized spacial score (nSPS) is 12.8. The first-order valence-electron chi connectivity index (χ1n) is 26.1. The molecule has 0 fully saturated rings. The minimum absolute atomic E-state index is 0.00518. The molecule has 0 saturated heterocycles. The quantitative estimate of drug-likeness (QED) is 0.0322. The standard InChI is InChI=1S/C53H101NO5/c1-3-5-7-9-11-13-14-23-27-31-35-39-43-47-53(58)59-48-44-40-36-32-28-25-22-20-18-16-15-17-19-21-24-26-30-34-38-42-46-52(57)54-50(49-55)51(56)45-41-37-33-29-12-10-8-6-4-2/h7,9,13-14,50-51,55-56H,3-6,8,10-12,15-49H2,1-2H3,(H,54,57)/b9-7-,14-13-. The summed E-state index contributed by atoms with van der Waals surface area (Å²) >= 11 is 0. The molecule has 0 aromatic rings. The number of rotatable bonds is 48. The van der Waals surface area contributed by atoms with E-state index in [9.17, 15) is 19.8 Å². The third-order valence-corrected chi connectivity index (χ3v) is 12.0. The van der Waals surface area contributed by atoms with E-state index in [1.54, 1.807) is 0 Å². The SMILES string of the molecule is CCC/C=C\C/C=C\CCCCCCCC(=O)OCCCCCCCCCCCCCCCCCCCCCCC(=O)NC(CO)C(O)CCCCCCCCCCC. The maximum atomic E-state index is 12.4. The number of hydrogen-bond donors (Lipinski definition) is 3. The first-order valence-corrected chi connectivity index (χ1v) is 26.1. The van der Waals surface area contributed by atoms with Crippen LogP contribution in [0, 0.1) is 0 Å². The van der Waals surface area contributed by atoms with Crippen molar-refractivity contribution in [1.29, 1.82) is 0 Å². The van der Waals surface area contributed by atoms with Crippen molar-refractivity contribution < 1.29 is 24.5 Å². The Balaban J connectivity index is 3.37. The van der Waals surface area contributed by atoms with Crippen LogP contribution in [-0.4, -0.2) is 47.4 Å². The smallest absolute Gasteiger partial charge is 0.305 e. The number of allylic oxidation sites excluding steroid dienone is 4. The molecular weight excluding hydrogens is 731 g/mol. The summed E-state index contributed by atoms with van der Waals surface area (Å²) in [6.45, 7) is 4.86. The van der Waals surface area contributed by atoms with E-state index >= 15 is 0 Å². The fourth-order valence-electron chi connectivity index (χ4n) is 7.97. The van der Waals surface area contributed by atoms with E-state index in [0.717, 1.165) is 51.4 Å². The molecule has 0 saturated carbocycles. The van der Waals surface area contributed by atoms with Gasteiger partial charge < -0.3 is 20.3 Å². The van der Waals surface area contributed by atoms with Crippen LogP contribution >= 0.6 is 0 Å². The molecule has 348 valence electrons. The van der Waals surface area contributed by atoms with Crippen LogP contribution in [0.25, 0.3) is 0 Å². The number of aliphatic hydroxyl groups excluding tert-OH is 2. The molecule has 6 heteroatoms. The van der Waals surface area contributed by atoms with Crippen molar-refractivity contribution >= 4 is 11.9 Å². The molecule has 2 atom stereocenters. The van der Waals surface area contributed by atoms with Crippen molar-refractivity contribution in [2.45, 2.75) is 289 Å². The zero-order valence-corrected chi connectivity index (χ0v) is 39.5. The molecule has 0 rings (SSSR count). The molecular formula is C53H101NO5. The summed E-state index contributed by atoms with van der Waals surface area (Å²) in [6, 6.07) is -0.540. The van der Waals surface area contributed by atoms with E-state index in [2.05, 4.69) is 43.5 Å². The summed E-state index contributed by atoms with van der Waals surface area (Å²) in [7, 11) is 0. The van der Waals surface area contributed by atoms with Crippen molar-refractivity contribution in [3.63, 3.8) is 0 Å². The summed E-state index contributed by atoms with van der Waals surface area (Å²) < 4.78 is 5.46. The van der Waals surface area contributed by atoms with Crippen molar-refractivity contribution in [2.75, 3.05) is 13.2 Å². The van der Waals surface area contributed by atoms with E-state index in [-0.39, 0.29) is 18.5 Å². The monoisotopic (exact) mass is 832 g/mol. The van der Waals surface area contributed by atoms with Crippen LogP contribution in [0.1, 0.15) is 277 Å². The van der Waals surface area contributed by atoms with Crippen molar-refractivity contribution in [1.82, 2.24) is 5.32 Å². The van der Waals surface area contributed by atoms with Gasteiger partial charge in [0.05, 0.1) is 25.4 Å². The second kappa shape index (κ2) is 49.0. The number of nitrogens with one attached hydrogen (secondary N) is 1. The fraction of sp³-hybridized carbons (Fsp3) is 0.887. The Morgan fingerprint density at radius 1 is 0.475 bits per heavy atom. The van der Waals surface area contributed by atoms with E-state index in [0.29, 0.717) is 25.9 Å². The van der Waals surface area contributed by atoms with Gasteiger partial charge in [0.15, 0.2) is 0 Å². The lowest BCUT2D eigenvalue weighted by atomic mass is 10.0. The van der Waals surface area contributed by atoms with Crippen LogP contribution in [-0.2, 0) is 14.3 Å². The van der Waals surface area contributed by atoms with Crippen molar-refractivity contribution in [2.24, 2.45) is 0 Å². The average Bonchev–Trinajstić information content (AvgIpc) is 3.24. The van der Waals surface area contributed by atoms with E-state index in [4.69, 9.17) is 4.74 Å². The Bertz CT molecular complexity index is 920. The molecule has 0 spiro atoms. The molecule has 0 aliphatic rings. The van der Waals surface area contributed by atoms with Gasteiger partial charge in [-0.05, 0) is 51.4 Å². The minimum atomic E-state index is -0.663. The summed E-state index contributed by atoms with van der Waals surface area (Å²) in [5, 5.41) is 23.1. The van der Waals surface area contributed by atoms with Gasteiger partial charge in [0.25, 0.3) is 0 Å². The molecule has 1 amide bonds. The number of carbonyl (C=O) groups excluding carboxylic acids is 2. The van der Waals surface area contributed by atoms with Gasteiger partial charge in [-0.3, -0.25) is 9.59 Å². The molecule has 0 radical (unpaired) electrons. The first kappa shape index (κ1) is 57.3. The predicted octanol–water partition coefficient (Wildman–Crippen LogP) is 15.5. The van der Waals surface area contributed by atoms with E-state index < -0.39 is 12.1 Å². The molecule has 0 aromatic heterocycles. The number of carbonyl (C=O) groups is 2. The first-order chi connectivity index (χ1) is 29.0. The molecule has 0 aromatic carbocycles. The van der Waals surface area contributed by atoms with Gasteiger partial charge in [-0.15, -0.1) is 0 Å². The Morgan fingerprint density at radius 3 is 1.36 bits per heavy atom. The average molecular weight is 832 g/mol. The molecule has 0 heterocycles. The van der Waals surface area contributed by atoms with E-state index in [1.165, 1.54) is 193 Å². The van der Waals surface area contributed by atoms with Crippen LogP contribution in [0.3, 0.4) is 0 Å². The zero-order chi connectivity index (χ0) is 43.0.